The number of amides is 2. The van der Waals surface area contributed by atoms with Crippen molar-refractivity contribution < 1.29 is 14.3 Å². The number of pyridine rings is 1. The zero-order chi connectivity index (χ0) is 21.6. The van der Waals surface area contributed by atoms with E-state index in [1.807, 2.05) is 33.8 Å². The van der Waals surface area contributed by atoms with E-state index < -0.39 is 5.60 Å². The van der Waals surface area contributed by atoms with Crippen LogP contribution in [0.25, 0.3) is 20.8 Å². The third-order valence-corrected chi connectivity index (χ3v) is 6.87. The summed E-state index contributed by atoms with van der Waals surface area (Å²) >= 11 is 3.11. The zero-order valence-corrected chi connectivity index (χ0v) is 19.3. The van der Waals surface area contributed by atoms with E-state index in [-0.39, 0.29) is 12.0 Å². The predicted molar refractivity (Wildman–Crippen MR) is 120 cm³/mol. The average Bonchev–Trinajstić information content (AvgIpc) is 3.20. The second-order valence-electron chi connectivity index (χ2n) is 8.30. The Labute approximate surface area is 183 Å². The molecule has 0 aromatic carbocycles. The molecule has 3 aromatic rings. The van der Waals surface area contributed by atoms with E-state index in [0.717, 1.165) is 41.9 Å². The summed E-state index contributed by atoms with van der Waals surface area (Å²) in [4.78, 5) is 36.3. The summed E-state index contributed by atoms with van der Waals surface area (Å²) in [5.74, 6) is -0.127. The lowest BCUT2D eigenvalue weighted by molar-refractivity contribution is -0.114. The molecule has 1 aliphatic rings. The SMILES string of the molecule is CC(=O)Nc1sc2c(c1-c1nc3c(C)nccc3s1)CCN(C(=O)OC(C)(C)C)C2. The molecular formula is C21H24N4O3S2. The molecule has 30 heavy (non-hydrogen) atoms. The molecule has 158 valence electrons. The first kappa shape index (κ1) is 20.7. The van der Waals surface area contributed by atoms with Crippen LogP contribution in [0.1, 0.15) is 43.8 Å². The fourth-order valence-electron chi connectivity index (χ4n) is 3.45. The van der Waals surface area contributed by atoms with Gasteiger partial charge in [0, 0.05) is 30.1 Å². The van der Waals surface area contributed by atoms with E-state index in [1.54, 1.807) is 22.4 Å². The number of aryl methyl sites for hydroxylation is 1. The lowest BCUT2D eigenvalue weighted by Gasteiger charge is -2.30. The molecule has 0 saturated heterocycles. The van der Waals surface area contributed by atoms with Gasteiger partial charge in [0.15, 0.2) is 0 Å². The quantitative estimate of drug-likeness (QED) is 0.603. The van der Waals surface area contributed by atoms with Gasteiger partial charge >= 0.3 is 6.09 Å². The number of hydrogen-bond acceptors (Lipinski definition) is 7. The Morgan fingerprint density at radius 3 is 2.70 bits per heavy atom. The van der Waals surface area contributed by atoms with Crippen molar-refractivity contribution in [2.24, 2.45) is 0 Å². The summed E-state index contributed by atoms with van der Waals surface area (Å²) in [6.07, 6.45) is 2.16. The first-order valence-corrected chi connectivity index (χ1v) is 11.4. The van der Waals surface area contributed by atoms with Crippen LogP contribution in [0.15, 0.2) is 12.3 Å². The number of ether oxygens (including phenoxy) is 1. The van der Waals surface area contributed by atoms with Crippen LogP contribution in [0, 0.1) is 6.92 Å². The molecular weight excluding hydrogens is 420 g/mol. The summed E-state index contributed by atoms with van der Waals surface area (Å²) in [5, 5.41) is 4.62. The standard InChI is InChI=1S/C21H24N4O3S2/c1-11-17-14(6-8-22-11)29-19(24-17)16-13-7-9-25(20(27)28-21(3,4)5)10-15(13)30-18(16)23-12(2)26/h6,8H,7,9-10H2,1-5H3,(H,23,26). The molecule has 1 aliphatic heterocycles. The highest BCUT2D eigenvalue weighted by atomic mass is 32.1. The molecule has 0 fully saturated rings. The Kier molecular flexibility index (Phi) is 5.27. The molecule has 3 aromatic heterocycles. The van der Waals surface area contributed by atoms with Gasteiger partial charge in [0.05, 0.1) is 16.9 Å². The van der Waals surface area contributed by atoms with Crippen molar-refractivity contribution in [2.45, 2.75) is 53.2 Å². The molecule has 0 unspecified atom stereocenters. The monoisotopic (exact) mass is 444 g/mol. The largest absolute Gasteiger partial charge is 0.444 e. The molecule has 0 radical (unpaired) electrons. The second-order valence-corrected chi connectivity index (χ2v) is 10.4. The fraction of sp³-hybridized carbons (Fsp3) is 0.429. The summed E-state index contributed by atoms with van der Waals surface area (Å²) in [5.41, 5.74) is 3.35. The first-order valence-electron chi connectivity index (χ1n) is 9.75. The molecule has 2 amide bonds. The van der Waals surface area contributed by atoms with E-state index in [9.17, 15) is 9.59 Å². The third kappa shape index (κ3) is 4.04. The van der Waals surface area contributed by atoms with Crippen LogP contribution in [0.3, 0.4) is 0 Å². The lowest BCUT2D eigenvalue weighted by atomic mass is 10.0. The highest BCUT2D eigenvalue weighted by Gasteiger charge is 2.31. The van der Waals surface area contributed by atoms with Crippen molar-refractivity contribution in [3.05, 3.63) is 28.4 Å². The van der Waals surface area contributed by atoms with Crippen molar-refractivity contribution in [1.82, 2.24) is 14.9 Å². The number of carbonyl (C=O) groups excluding carboxylic acids is 2. The van der Waals surface area contributed by atoms with Crippen LogP contribution < -0.4 is 5.32 Å². The summed E-state index contributed by atoms with van der Waals surface area (Å²) in [6, 6.07) is 1.96. The lowest BCUT2D eigenvalue weighted by Crippen LogP contribution is -2.39. The summed E-state index contributed by atoms with van der Waals surface area (Å²) < 4.78 is 6.60. The summed E-state index contributed by atoms with van der Waals surface area (Å²) in [6.45, 7) is 10.1. The molecule has 0 spiro atoms. The van der Waals surface area contributed by atoms with Crippen molar-refractivity contribution in [2.75, 3.05) is 11.9 Å². The average molecular weight is 445 g/mol. The molecule has 1 N–H and O–H groups in total. The maximum Gasteiger partial charge on any atom is 0.410 e. The maximum absolute atomic E-state index is 12.5. The number of nitrogens with zero attached hydrogens (tertiary/aromatic N) is 3. The maximum atomic E-state index is 12.5. The van der Waals surface area contributed by atoms with Gasteiger partial charge in [0.25, 0.3) is 0 Å². The summed E-state index contributed by atoms with van der Waals surface area (Å²) in [7, 11) is 0. The highest BCUT2D eigenvalue weighted by Crippen LogP contribution is 2.45. The molecule has 4 rings (SSSR count). The van der Waals surface area contributed by atoms with Crippen LogP contribution in [0.4, 0.5) is 9.80 Å². The topological polar surface area (TPSA) is 84.4 Å². The van der Waals surface area contributed by atoms with Crippen LogP contribution in [-0.4, -0.2) is 39.0 Å². The van der Waals surface area contributed by atoms with Gasteiger partial charge < -0.3 is 15.0 Å². The number of aromatic nitrogens is 2. The van der Waals surface area contributed by atoms with Gasteiger partial charge in [-0.3, -0.25) is 9.78 Å². The minimum absolute atomic E-state index is 0.127. The number of hydrogen-bond donors (Lipinski definition) is 1. The molecule has 9 heteroatoms. The number of anilines is 1. The molecule has 0 aliphatic carbocycles. The number of thiazole rings is 1. The highest BCUT2D eigenvalue weighted by molar-refractivity contribution is 7.23. The van der Waals surface area contributed by atoms with Crippen LogP contribution in [-0.2, 0) is 22.5 Å². The van der Waals surface area contributed by atoms with Gasteiger partial charge in [-0.15, -0.1) is 22.7 Å². The normalized spacial score (nSPS) is 14.0. The Morgan fingerprint density at radius 1 is 1.27 bits per heavy atom. The second kappa shape index (κ2) is 7.63. The van der Waals surface area contributed by atoms with Gasteiger partial charge in [-0.05, 0) is 45.7 Å². The van der Waals surface area contributed by atoms with Crippen molar-refractivity contribution >= 4 is 49.9 Å². The molecule has 0 bridgehead atoms. The van der Waals surface area contributed by atoms with Crippen LogP contribution in [0.5, 0.6) is 0 Å². The Bertz CT molecular complexity index is 1140. The predicted octanol–water partition coefficient (Wildman–Crippen LogP) is 4.98. The minimum Gasteiger partial charge on any atom is -0.444 e. The van der Waals surface area contributed by atoms with Crippen molar-refractivity contribution in [3.63, 3.8) is 0 Å². The van der Waals surface area contributed by atoms with Crippen molar-refractivity contribution in [3.8, 4) is 10.6 Å². The van der Waals surface area contributed by atoms with E-state index in [2.05, 4.69) is 10.3 Å². The number of rotatable bonds is 2. The van der Waals surface area contributed by atoms with E-state index in [0.29, 0.717) is 19.5 Å². The smallest absolute Gasteiger partial charge is 0.410 e. The molecule has 0 saturated carbocycles. The van der Waals surface area contributed by atoms with Gasteiger partial charge in [-0.1, -0.05) is 0 Å². The van der Waals surface area contributed by atoms with Gasteiger partial charge in [0.2, 0.25) is 5.91 Å². The Morgan fingerprint density at radius 2 is 2.03 bits per heavy atom. The molecule has 7 nitrogen and oxygen atoms in total. The van der Waals surface area contributed by atoms with Gasteiger partial charge in [-0.25, -0.2) is 9.78 Å². The first-order chi connectivity index (χ1) is 14.1. The Hall–Kier alpha value is -2.52. The fourth-order valence-corrected chi connectivity index (χ4v) is 5.92. The zero-order valence-electron chi connectivity index (χ0n) is 17.7. The number of thiophene rings is 1. The van der Waals surface area contributed by atoms with Crippen molar-refractivity contribution in [1.29, 1.82) is 0 Å². The third-order valence-electron chi connectivity index (χ3n) is 4.70. The number of carbonyl (C=O) groups is 2. The number of fused-ring (bicyclic) bond motifs is 2. The van der Waals surface area contributed by atoms with Gasteiger partial charge in [-0.2, -0.15) is 0 Å². The van der Waals surface area contributed by atoms with E-state index in [4.69, 9.17) is 9.72 Å². The van der Waals surface area contributed by atoms with Gasteiger partial charge in [0.1, 0.15) is 21.1 Å². The molecule has 0 atom stereocenters. The van der Waals surface area contributed by atoms with Crippen LogP contribution >= 0.6 is 22.7 Å². The number of nitrogens with one attached hydrogen (secondary N) is 1. The van der Waals surface area contributed by atoms with E-state index in [1.165, 1.54) is 18.3 Å². The Balaban J connectivity index is 1.74. The minimum atomic E-state index is -0.536. The molecule has 4 heterocycles. The van der Waals surface area contributed by atoms with Crippen LogP contribution in [0.2, 0.25) is 0 Å². The van der Waals surface area contributed by atoms with E-state index >= 15 is 0 Å².